The third kappa shape index (κ3) is 5.34. The number of nitrogens with zero attached hydrogens (tertiary/aromatic N) is 1. The first-order valence-electron chi connectivity index (χ1n) is 11.6. The fourth-order valence-electron chi connectivity index (χ4n) is 4.61. The standard InChI is InChI=1S/C28H31NO5/c1-32-23-15-16-24(26(18-23)33-2)27(29-17-7-6-10-25(29)28(30)31)21-11-13-22(14-12-21)34-19-20-8-4-3-5-9-20/h3-5,8-9,11-16,18,25,27H,6-7,10,17,19H2,1-2H3,(H,30,31). The summed E-state index contributed by atoms with van der Waals surface area (Å²) in [6, 6.07) is 22.8. The Morgan fingerprint density at radius 2 is 1.71 bits per heavy atom. The number of likely N-dealkylation sites (tertiary alicyclic amines) is 1. The molecule has 0 saturated carbocycles. The van der Waals surface area contributed by atoms with Gasteiger partial charge in [0.15, 0.2) is 0 Å². The van der Waals surface area contributed by atoms with Crippen LogP contribution in [0.1, 0.15) is 42.0 Å². The normalized spacial score (nSPS) is 17.1. The SMILES string of the molecule is COc1ccc(C(c2ccc(OCc3ccccc3)cc2)N2CCCCC2C(=O)O)c(OC)c1. The van der Waals surface area contributed by atoms with Crippen LogP contribution in [-0.2, 0) is 11.4 Å². The van der Waals surface area contributed by atoms with Crippen LogP contribution >= 0.6 is 0 Å². The molecule has 0 aliphatic carbocycles. The molecule has 1 aliphatic heterocycles. The van der Waals surface area contributed by atoms with Crippen LogP contribution in [0.3, 0.4) is 0 Å². The molecule has 4 rings (SSSR count). The molecule has 1 aliphatic rings. The molecular weight excluding hydrogens is 430 g/mol. The molecule has 6 heteroatoms. The lowest BCUT2D eigenvalue weighted by Gasteiger charge is -2.40. The number of carboxylic acids is 1. The second-order valence-electron chi connectivity index (χ2n) is 8.44. The predicted octanol–water partition coefficient (Wildman–Crippen LogP) is 5.31. The lowest BCUT2D eigenvalue weighted by molar-refractivity contribution is -0.145. The van der Waals surface area contributed by atoms with Crippen LogP contribution in [0.2, 0.25) is 0 Å². The molecule has 0 aromatic heterocycles. The van der Waals surface area contributed by atoms with Crippen molar-refractivity contribution in [2.75, 3.05) is 20.8 Å². The first-order valence-corrected chi connectivity index (χ1v) is 11.6. The van der Waals surface area contributed by atoms with Gasteiger partial charge in [0.1, 0.15) is 29.9 Å². The summed E-state index contributed by atoms with van der Waals surface area (Å²) in [7, 11) is 3.24. The molecule has 6 nitrogen and oxygen atoms in total. The van der Waals surface area contributed by atoms with Crippen molar-refractivity contribution in [1.29, 1.82) is 0 Å². The second kappa shape index (κ2) is 11.1. The molecule has 178 valence electrons. The Labute approximate surface area is 200 Å². The monoisotopic (exact) mass is 461 g/mol. The first kappa shape index (κ1) is 23.6. The van der Waals surface area contributed by atoms with Crippen molar-refractivity contribution >= 4 is 5.97 Å². The van der Waals surface area contributed by atoms with Gasteiger partial charge in [-0.1, -0.05) is 48.9 Å². The molecule has 0 radical (unpaired) electrons. The van der Waals surface area contributed by atoms with E-state index in [1.165, 1.54) is 0 Å². The molecule has 0 bridgehead atoms. The highest BCUT2D eigenvalue weighted by molar-refractivity contribution is 5.74. The number of methoxy groups -OCH3 is 2. The molecule has 0 amide bonds. The summed E-state index contributed by atoms with van der Waals surface area (Å²) in [5.74, 6) is 1.34. The number of piperidine rings is 1. The third-order valence-electron chi connectivity index (χ3n) is 6.34. The minimum absolute atomic E-state index is 0.273. The fraction of sp³-hybridized carbons (Fsp3) is 0.321. The molecule has 1 heterocycles. The molecule has 2 unspecified atom stereocenters. The van der Waals surface area contributed by atoms with Crippen molar-refractivity contribution in [3.63, 3.8) is 0 Å². The quantitative estimate of drug-likeness (QED) is 0.466. The summed E-state index contributed by atoms with van der Waals surface area (Å²) in [6.07, 6.45) is 2.49. The van der Waals surface area contributed by atoms with Gasteiger partial charge in [0.05, 0.1) is 20.3 Å². The number of hydrogen-bond donors (Lipinski definition) is 1. The molecule has 0 spiro atoms. The minimum atomic E-state index is -0.792. The zero-order valence-corrected chi connectivity index (χ0v) is 19.6. The number of ether oxygens (including phenoxy) is 3. The number of carbonyl (C=O) groups is 1. The van der Waals surface area contributed by atoms with Gasteiger partial charge in [-0.2, -0.15) is 0 Å². The van der Waals surface area contributed by atoms with Crippen molar-refractivity contribution in [3.05, 3.63) is 89.5 Å². The molecule has 3 aromatic rings. The third-order valence-corrected chi connectivity index (χ3v) is 6.34. The van der Waals surface area contributed by atoms with Crippen molar-refractivity contribution in [3.8, 4) is 17.2 Å². The van der Waals surface area contributed by atoms with Gasteiger partial charge >= 0.3 is 5.97 Å². The largest absolute Gasteiger partial charge is 0.497 e. The minimum Gasteiger partial charge on any atom is -0.497 e. The smallest absolute Gasteiger partial charge is 0.320 e. The Balaban J connectivity index is 1.67. The second-order valence-corrected chi connectivity index (χ2v) is 8.44. The summed E-state index contributed by atoms with van der Waals surface area (Å²) in [5, 5.41) is 9.97. The van der Waals surface area contributed by atoms with E-state index in [2.05, 4.69) is 4.90 Å². The maximum absolute atomic E-state index is 12.1. The van der Waals surface area contributed by atoms with Gasteiger partial charge < -0.3 is 19.3 Å². The summed E-state index contributed by atoms with van der Waals surface area (Å²) < 4.78 is 17.0. The molecular formula is C28H31NO5. The molecule has 2 atom stereocenters. The summed E-state index contributed by atoms with van der Waals surface area (Å²) in [4.78, 5) is 14.2. The molecule has 34 heavy (non-hydrogen) atoms. The van der Waals surface area contributed by atoms with E-state index in [0.717, 1.165) is 35.3 Å². The van der Waals surface area contributed by atoms with Crippen LogP contribution in [0.15, 0.2) is 72.8 Å². The summed E-state index contributed by atoms with van der Waals surface area (Å²) >= 11 is 0. The maximum Gasteiger partial charge on any atom is 0.320 e. The van der Waals surface area contributed by atoms with Gasteiger partial charge in [0.2, 0.25) is 0 Å². The number of rotatable bonds is 9. The summed E-state index contributed by atoms with van der Waals surface area (Å²) in [5.41, 5.74) is 3.00. The van der Waals surface area contributed by atoms with E-state index in [9.17, 15) is 9.90 Å². The van der Waals surface area contributed by atoms with Crippen LogP contribution in [0, 0.1) is 0 Å². The fourth-order valence-corrected chi connectivity index (χ4v) is 4.61. The zero-order valence-electron chi connectivity index (χ0n) is 19.6. The van der Waals surface area contributed by atoms with E-state index in [-0.39, 0.29) is 6.04 Å². The Morgan fingerprint density at radius 3 is 2.38 bits per heavy atom. The lowest BCUT2D eigenvalue weighted by Crippen LogP contribution is -2.46. The van der Waals surface area contributed by atoms with Crippen LogP contribution in [0.5, 0.6) is 17.2 Å². The van der Waals surface area contributed by atoms with Crippen LogP contribution in [0.4, 0.5) is 0 Å². The van der Waals surface area contributed by atoms with Gasteiger partial charge in [-0.15, -0.1) is 0 Å². The van der Waals surface area contributed by atoms with Crippen LogP contribution < -0.4 is 14.2 Å². The number of carboxylic acid groups (broad SMARTS) is 1. The highest BCUT2D eigenvalue weighted by atomic mass is 16.5. The van der Waals surface area contributed by atoms with Gasteiger partial charge in [-0.05, 0) is 54.8 Å². The van der Waals surface area contributed by atoms with Gasteiger partial charge in [0, 0.05) is 11.6 Å². The lowest BCUT2D eigenvalue weighted by atomic mass is 9.91. The van der Waals surface area contributed by atoms with E-state index >= 15 is 0 Å². The van der Waals surface area contributed by atoms with Crippen molar-refractivity contribution < 1.29 is 24.1 Å². The van der Waals surface area contributed by atoms with Gasteiger partial charge in [0.25, 0.3) is 0 Å². The maximum atomic E-state index is 12.1. The van der Waals surface area contributed by atoms with Gasteiger partial charge in [-0.3, -0.25) is 9.69 Å². The topological polar surface area (TPSA) is 68.2 Å². The van der Waals surface area contributed by atoms with E-state index in [0.29, 0.717) is 31.1 Å². The number of benzene rings is 3. The average molecular weight is 462 g/mol. The number of aliphatic carboxylic acids is 1. The first-order chi connectivity index (χ1) is 16.6. The van der Waals surface area contributed by atoms with Crippen LogP contribution in [-0.4, -0.2) is 42.8 Å². The van der Waals surface area contributed by atoms with E-state index < -0.39 is 12.0 Å². The highest BCUT2D eigenvalue weighted by Gasteiger charge is 2.36. The molecule has 1 N–H and O–H groups in total. The Kier molecular flexibility index (Phi) is 7.70. The predicted molar refractivity (Wildman–Crippen MR) is 131 cm³/mol. The highest BCUT2D eigenvalue weighted by Crippen LogP contribution is 2.40. The van der Waals surface area contributed by atoms with Crippen molar-refractivity contribution in [2.24, 2.45) is 0 Å². The Bertz CT molecular complexity index is 1080. The Morgan fingerprint density at radius 1 is 0.971 bits per heavy atom. The zero-order chi connectivity index (χ0) is 23.9. The Hall–Kier alpha value is -3.51. The van der Waals surface area contributed by atoms with E-state index in [1.54, 1.807) is 14.2 Å². The van der Waals surface area contributed by atoms with E-state index in [1.807, 2.05) is 72.8 Å². The van der Waals surface area contributed by atoms with E-state index in [4.69, 9.17) is 14.2 Å². The van der Waals surface area contributed by atoms with Crippen LogP contribution in [0.25, 0.3) is 0 Å². The molecule has 1 fully saturated rings. The molecule has 3 aromatic carbocycles. The van der Waals surface area contributed by atoms with Crippen molar-refractivity contribution in [1.82, 2.24) is 4.90 Å². The summed E-state index contributed by atoms with van der Waals surface area (Å²) in [6.45, 7) is 1.19. The average Bonchev–Trinajstić information content (AvgIpc) is 2.89. The number of hydrogen-bond acceptors (Lipinski definition) is 5. The van der Waals surface area contributed by atoms with Gasteiger partial charge in [-0.25, -0.2) is 0 Å². The van der Waals surface area contributed by atoms with Crippen molar-refractivity contribution in [2.45, 2.75) is 38.0 Å². The molecule has 1 saturated heterocycles.